The molecule has 3 aliphatic carbocycles. The first-order chi connectivity index (χ1) is 55.6. The third-order valence-electron chi connectivity index (χ3n) is 20.0. The minimum atomic E-state index is -2.02. The maximum absolute atomic E-state index is 15.4. The summed E-state index contributed by atoms with van der Waals surface area (Å²) in [6, 6.07) is -1.72. The second-order valence-corrected chi connectivity index (χ2v) is 32.0. The summed E-state index contributed by atoms with van der Waals surface area (Å²) >= 11 is 12.5. The number of amides is 12. The second-order valence-electron chi connectivity index (χ2n) is 31.2. The van der Waals surface area contributed by atoms with E-state index in [4.69, 9.17) is 57.4 Å². The molecule has 1 aliphatic heterocycles. The van der Waals surface area contributed by atoms with Crippen LogP contribution in [-0.4, -0.2) is 203 Å². The summed E-state index contributed by atoms with van der Waals surface area (Å²) in [5.41, 5.74) is 5.59. The zero-order chi connectivity index (χ0) is 85.7. The van der Waals surface area contributed by atoms with E-state index in [9.17, 15) is 67.4 Å². The molecule has 2 aromatic carbocycles. The number of nitrogens with zero attached hydrogens (tertiary/aromatic N) is 1. The van der Waals surface area contributed by atoms with E-state index < -0.39 is 205 Å². The molecular formula is C80H116Cl2N12O23. The Bertz CT molecular complexity index is 3730. The lowest BCUT2D eigenvalue weighted by Crippen LogP contribution is -2.61. The number of carbonyl (C=O) groups is 16. The van der Waals surface area contributed by atoms with Gasteiger partial charge in [-0.3, -0.25) is 57.5 Å². The summed E-state index contributed by atoms with van der Waals surface area (Å²) in [6.45, 7) is 8.70. The van der Waals surface area contributed by atoms with Gasteiger partial charge < -0.3 is 97.3 Å². The summed E-state index contributed by atoms with van der Waals surface area (Å²) < 4.78 is 33.6. The number of carboxylic acids is 1. The zero-order valence-corrected chi connectivity index (χ0v) is 69.0. The van der Waals surface area contributed by atoms with E-state index >= 15 is 14.4 Å². The van der Waals surface area contributed by atoms with Crippen LogP contribution in [0.15, 0.2) is 48.5 Å². The van der Waals surface area contributed by atoms with E-state index in [2.05, 4.69) is 53.2 Å². The number of rotatable bonds is 43. The van der Waals surface area contributed by atoms with Gasteiger partial charge in [0.25, 0.3) is 0 Å². The molecule has 0 bridgehead atoms. The van der Waals surface area contributed by atoms with Crippen LogP contribution in [0.2, 0.25) is 10.0 Å². The van der Waals surface area contributed by atoms with E-state index in [1.54, 1.807) is 69.3 Å². The average molecular weight is 1680 g/mol. The minimum Gasteiger partial charge on any atom is -0.480 e. The van der Waals surface area contributed by atoms with Crippen molar-refractivity contribution in [2.75, 3.05) is 19.6 Å². The molecule has 0 unspecified atom stereocenters. The molecule has 9 atom stereocenters. The Hall–Kier alpha value is -10.1. The molecule has 4 aliphatic rings. The molecule has 0 spiro atoms. The van der Waals surface area contributed by atoms with Crippen LogP contribution < -0.4 is 58.9 Å². The molecule has 6 rings (SSSR count). The molecule has 0 radical (unpaired) electrons. The van der Waals surface area contributed by atoms with Crippen molar-refractivity contribution in [3.05, 3.63) is 69.7 Å². The van der Waals surface area contributed by atoms with E-state index in [1.807, 2.05) is 0 Å². The Morgan fingerprint density at radius 1 is 0.453 bits per heavy atom. The van der Waals surface area contributed by atoms with Gasteiger partial charge in [-0.05, 0) is 174 Å². The Morgan fingerprint density at radius 2 is 0.821 bits per heavy atom. The first-order valence-corrected chi connectivity index (χ1v) is 41.2. The molecule has 4 fully saturated rings. The molecule has 3 saturated carbocycles. The van der Waals surface area contributed by atoms with E-state index in [0.717, 1.165) is 37.0 Å². The highest BCUT2D eigenvalue weighted by Crippen LogP contribution is 2.26. The Labute approximate surface area is 691 Å². The highest BCUT2D eigenvalue weighted by Gasteiger charge is 2.41. The molecule has 1 saturated heterocycles. The fourth-order valence-corrected chi connectivity index (χ4v) is 14.2. The number of primary amides is 1. The normalized spacial score (nSPS) is 17.3. The third kappa shape index (κ3) is 35.0. The van der Waals surface area contributed by atoms with Crippen molar-refractivity contribution in [1.82, 2.24) is 58.1 Å². The van der Waals surface area contributed by atoms with Crippen LogP contribution in [0.3, 0.4) is 0 Å². The van der Waals surface area contributed by atoms with Gasteiger partial charge in [-0.2, -0.15) is 0 Å². The number of likely N-dealkylation sites (tertiary alicyclic amines) is 1. The molecule has 0 aromatic heterocycles. The topological polar surface area (TPSA) is 498 Å². The number of aliphatic carboxylic acids is 1. The summed E-state index contributed by atoms with van der Waals surface area (Å²) in [5.74, 6) is -14.7. The molecule has 2 aromatic rings. The maximum Gasteiger partial charge on any atom is 0.408 e. The van der Waals surface area contributed by atoms with E-state index in [0.29, 0.717) is 91.8 Å². The van der Waals surface area contributed by atoms with Crippen LogP contribution in [-0.2, 0) is 104 Å². The standard InChI is InChI=1S/C80H116Cl2N12O23/c1-47(2)67(74(105)86-48(3)75(106)94-40-24-37-62(94)76(107)108)93-73(104)58(41-63(83)95)89-71(102)60(43-65(97)115-52-29-12-8-13-30-52)91-68(99)56(35-20-22-38-84-77(109)112-45-49-25-16-18-33-54(49)81)87-70(101)59(42-64(96)114-51-27-10-7-11-28-51)90-69(100)57(36-21-23-39-85-78(110)113-46-50-26-17-19-34-55(50)82)88-72(103)61(92-79(111)117-80(4,5)6)44-66(98)116-53-31-14-9-15-32-53/h16-19,25-26,33-34,47-48,51-53,56-62,67H,7-15,20-24,27-32,35-46H2,1-6H3,(H2,83,95)(H,84,109)(H,85,110)(H,86,105)(H,87,101)(H,88,103)(H,89,102)(H,90,100)(H,91,99)(H,92,111)(H,93,104)(H,107,108)/t48-,56-,57-,58-,59-,60-,61-,62-,67-/m0/s1. The summed E-state index contributed by atoms with van der Waals surface area (Å²) in [5, 5.41) is 35.6. The Balaban J connectivity index is 1.33. The fraction of sp³-hybridized carbons (Fsp3) is 0.650. The van der Waals surface area contributed by atoms with Crippen LogP contribution in [0.5, 0.6) is 0 Å². The van der Waals surface area contributed by atoms with Gasteiger partial charge in [0.1, 0.15) is 91.5 Å². The number of benzene rings is 2. The summed E-state index contributed by atoms with van der Waals surface area (Å²) in [4.78, 5) is 224. The predicted molar refractivity (Wildman–Crippen MR) is 423 cm³/mol. The number of nitrogens with one attached hydrogen (secondary N) is 10. The van der Waals surface area contributed by atoms with Crippen molar-refractivity contribution in [2.45, 2.75) is 306 Å². The number of carbonyl (C=O) groups excluding carboxylic acids is 15. The van der Waals surface area contributed by atoms with Crippen LogP contribution >= 0.6 is 23.2 Å². The summed E-state index contributed by atoms with van der Waals surface area (Å²) in [7, 11) is 0. The average Bonchev–Trinajstić information content (AvgIpc) is 1.79. The number of carboxylic acid groups (broad SMARTS) is 1. The number of hydrogen-bond donors (Lipinski definition) is 12. The molecule has 13 N–H and O–H groups in total. The molecule has 35 nitrogen and oxygen atoms in total. The monoisotopic (exact) mass is 1680 g/mol. The zero-order valence-electron chi connectivity index (χ0n) is 67.5. The number of nitrogens with two attached hydrogens (primary N) is 1. The first kappa shape index (κ1) is 95.8. The molecular weight excluding hydrogens is 1570 g/mol. The van der Waals surface area contributed by atoms with Gasteiger partial charge in [0.2, 0.25) is 53.2 Å². The van der Waals surface area contributed by atoms with E-state index in [-0.39, 0.29) is 77.8 Å². The fourth-order valence-electron chi connectivity index (χ4n) is 13.8. The first-order valence-electron chi connectivity index (χ1n) is 40.4. The van der Waals surface area contributed by atoms with Crippen molar-refractivity contribution >= 4 is 119 Å². The van der Waals surface area contributed by atoms with Gasteiger partial charge >= 0.3 is 42.2 Å². The van der Waals surface area contributed by atoms with Crippen molar-refractivity contribution in [3.63, 3.8) is 0 Å². The van der Waals surface area contributed by atoms with Crippen LogP contribution in [0, 0.1) is 5.92 Å². The van der Waals surface area contributed by atoms with Crippen LogP contribution in [0.25, 0.3) is 0 Å². The van der Waals surface area contributed by atoms with Gasteiger partial charge in [0, 0.05) is 40.8 Å². The maximum atomic E-state index is 15.4. The second kappa shape index (κ2) is 49.2. The quantitative estimate of drug-likeness (QED) is 0.0200. The molecule has 12 amide bonds. The van der Waals surface area contributed by atoms with Crippen LogP contribution in [0.1, 0.15) is 226 Å². The lowest BCUT2D eigenvalue weighted by Gasteiger charge is -2.29. The number of halogens is 2. The smallest absolute Gasteiger partial charge is 0.408 e. The number of unbranched alkanes of at least 4 members (excludes halogenated alkanes) is 2. The highest BCUT2D eigenvalue weighted by atomic mass is 35.5. The molecule has 1 heterocycles. The van der Waals surface area contributed by atoms with Gasteiger partial charge in [0.05, 0.1) is 25.7 Å². The minimum absolute atomic E-state index is 0.0288. The Kier molecular flexibility index (Phi) is 40.3. The van der Waals surface area contributed by atoms with Crippen molar-refractivity contribution in [1.29, 1.82) is 0 Å². The highest BCUT2D eigenvalue weighted by molar-refractivity contribution is 6.31. The molecule has 117 heavy (non-hydrogen) atoms. The van der Waals surface area contributed by atoms with Crippen LogP contribution in [0.4, 0.5) is 14.4 Å². The lowest BCUT2D eigenvalue weighted by atomic mass is 9.98. The van der Waals surface area contributed by atoms with Gasteiger partial charge in [-0.25, -0.2) is 19.2 Å². The predicted octanol–water partition coefficient (Wildman–Crippen LogP) is 6.20. The lowest BCUT2D eigenvalue weighted by molar-refractivity contribution is -0.153. The van der Waals surface area contributed by atoms with Crippen molar-refractivity contribution in [3.8, 4) is 0 Å². The van der Waals surface area contributed by atoms with Gasteiger partial charge in [0.15, 0.2) is 0 Å². The Morgan fingerprint density at radius 3 is 1.20 bits per heavy atom. The van der Waals surface area contributed by atoms with Crippen molar-refractivity contribution in [2.24, 2.45) is 11.7 Å². The van der Waals surface area contributed by atoms with E-state index in [1.165, 1.54) is 20.8 Å². The van der Waals surface area contributed by atoms with Gasteiger partial charge in [-0.1, -0.05) is 92.7 Å². The summed E-state index contributed by atoms with van der Waals surface area (Å²) in [6.07, 6.45) is 2.08. The molecule has 37 heteroatoms. The number of esters is 3. The van der Waals surface area contributed by atoms with Gasteiger partial charge in [-0.15, -0.1) is 0 Å². The third-order valence-corrected chi connectivity index (χ3v) is 20.8. The van der Waals surface area contributed by atoms with Crippen molar-refractivity contribution < 1.29 is 110 Å². The number of hydrogen-bond acceptors (Lipinski definition) is 22. The molecule has 648 valence electrons. The SMILES string of the molecule is CC(C)[C@H](NC(=O)[C@H](CC(N)=O)NC(=O)[C@H](CC(=O)OC1CCCCC1)NC(=O)[C@H](CCCCNC(=O)OCc1ccccc1Cl)NC(=O)[C@H](CC(=O)OC1CCCCC1)NC(=O)[C@H](CCCCNC(=O)OCc1ccccc1Cl)NC(=O)[C@H](CC(=O)OC1CCCCC1)NC(=O)OC(C)(C)C)C(=O)N[C@@H](C)C(=O)N1CCC[C@H]1C(=O)O. The largest absolute Gasteiger partial charge is 0.480 e. The number of ether oxygens (including phenoxy) is 6. The number of alkyl carbamates (subject to hydrolysis) is 3.